The van der Waals surface area contributed by atoms with E-state index in [1.54, 1.807) is 22.8 Å². The number of nitrogens with zero attached hydrogens (tertiary/aromatic N) is 4. The van der Waals surface area contributed by atoms with Gasteiger partial charge in [0.1, 0.15) is 12.4 Å². The molecule has 0 amide bonds. The zero-order valence-corrected chi connectivity index (χ0v) is 14.7. The van der Waals surface area contributed by atoms with Gasteiger partial charge in [0.15, 0.2) is 0 Å². The van der Waals surface area contributed by atoms with E-state index in [0.29, 0.717) is 30.6 Å². The normalized spacial score (nSPS) is 15.9. The summed E-state index contributed by atoms with van der Waals surface area (Å²) < 4.78 is 7.34. The van der Waals surface area contributed by atoms with E-state index in [9.17, 15) is 4.79 Å². The second kappa shape index (κ2) is 7.41. The molecule has 3 rings (SSSR count). The molecule has 1 aliphatic rings. The van der Waals surface area contributed by atoms with Crippen LogP contribution < -0.4 is 15.3 Å². The average Bonchev–Trinajstić information content (AvgIpc) is 2.57. The first-order chi connectivity index (χ1) is 11.1. The van der Waals surface area contributed by atoms with Crippen LogP contribution in [-0.4, -0.2) is 22.6 Å². The van der Waals surface area contributed by atoms with Crippen molar-refractivity contribution in [3.8, 4) is 11.9 Å². The van der Waals surface area contributed by atoms with Crippen molar-refractivity contribution < 1.29 is 4.74 Å². The minimum atomic E-state index is -0.281. The summed E-state index contributed by atoms with van der Waals surface area (Å²) in [7, 11) is 1.97. The molecule has 1 aromatic heterocycles. The number of anilines is 1. The maximum atomic E-state index is 12.1. The first-order valence-electron chi connectivity index (χ1n) is 7.55. The molecule has 24 heavy (non-hydrogen) atoms. The van der Waals surface area contributed by atoms with Crippen molar-refractivity contribution in [3.05, 3.63) is 51.9 Å². The summed E-state index contributed by atoms with van der Waals surface area (Å²) in [5.74, 6) is 1.16. The molecule has 0 saturated heterocycles. The molecule has 126 valence electrons. The van der Waals surface area contributed by atoms with E-state index in [1.165, 1.54) is 0 Å². The second-order valence-electron chi connectivity index (χ2n) is 5.73. The molecule has 0 radical (unpaired) electrons. The van der Waals surface area contributed by atoms with E-state index in [4.69, 9.17) is 10.00 Å². The lowest BCUT2D eigenvalue weighted by Crippen LogP contribution is -2.41. The predicted molar refractivity (Wildman–Crippen MR) is 96.8 cm³/mol. The lowest BCUT2D eigenvalue weighted by Gasteiger charge is -2.34. The third kappa shape index (κ3) is 3.54. The number of fused-ring (bicyclic) bond motifs is 1. The van der Waals surface area contributed by atoms with Gasteiger partial charge in [0, 0.05) is 25.7 Å². The topological polar surface area (TPSA) is 71.1 Å². The van der Waals surface area contributed by atoms with Crippen molar-refractivity contribution in [3.63, 3.8) is 0 Å². The van der Waals surface area contributed by atoms with Gasteiger partial charge in [0.25, 0.3) is 0 Å². The molecule has 0 unspecified atom stereocenters. The lowest BCUT2D eigenvalue weighted by atomic mass is 10.1. The molecule has 1 aromatic carbocycles. The molecule has 0 saturated carbocycles. The number of aromatic nitrogens is 2. The Morgan fingerprint density at radius 2 is 2.08 bits per heavy atom. The number of rotatable bonds is 3. The van der Waals surface area contributed by atoms with Crippen molar-refractivity contribution in [2.75, 3.05) is 11.9 Å². The summed E-state index contributed by atoms with van der Waals surface area (Å²) >= 11 is 0. The van der Waals surface area contributed by atoms with Crippen LogP contribution in [0, 0.1) is 11.3 Å². The Morgan fingerprint density at radius 1 is 1.38 bits per heavy atom. The molecule has 0 N–H and O–H groups in total. The van der Waals surface area contributed by atoms with Crippen LogP contribution in [0.1, 0.15) is 24.5 Å². The highest BCUT2D eigenvalue weighted by atomic mass is 32.1. The van der Waals surface area contributed by atoms with Crippen LogP contribution in [0.5, 0.6) is 5.88 Å². The third-order valence-corrected chi connectivity index (χ3v) is 4.23. The Bertz CT molecular complexity index is 811. The summed E-state index contributed by atoms with van der Waals surface area (Å²) in [6.07, 6.45) is 0.927. The molecule has 7 heteroatoms. The highest BCUT2D eigenvalue weighted by Crippen LogP contribution is 2.24. The number of benzene rings is 1. The van der Waals surface area contributed by atoms with Gasteiger partial charge in [0.05, 0.1) is 11.6 Å². The van der Waals surface area contributed by atoms with E-state index < -0.39 is 0 Å². The Kier molecular flexibility index (Phi) is 5.52. The third-order valence-electron chi connectivity index (χ3n) is 4.23. The fourth-order valence-electron chi connectivity index (χ4n) is 2.62. The molecule has 1 atom stereocenters. The first-order valence-corrected chi connectivity index (χ1v) is 7.55. The minimum absolute atomic E-state index is 0. The maximum Gasteiger partial charge on any atom is 0.352 e. The molecule has 2 heterocycles. The Labute approximate surface area is 147 Å². The summed E-state index contributed by atoms with van der Waals surface area (Å²) in [6.45, 7) is 3.12. The SMILES string of the molecule is C[C@H]1CCn2c(cc(OCc3ccc(C#N)cc3)nc2=O)N1C.S. The number of hydrogen-bond acceptors (Lipinski definition) is 5. The smallest absolute Gasteiger partial charge is 0.352 e. The first kappa shape index (κ1) is 17.9. The molecule has 0 spiro atoms. The minimum Gasteiger partial charge on any atom is -0.473 e. The van der Waals surface area contributed by atoms with E-state index >= 15 is 0 Å². The van der Waals surface area contributed by atoms with E-state index in [1.807, 2.05) is 19.2 Å². The van der Waals surface area contributed by atoms with Gasteiger partial charge in [-0.05, 0) is 31.0 Å². The summed E-state index contributed by atoms with van der Waals surface area (Å²) in [6, 6.07) is 11.4. The molecule has 2 aromatic rings. The fourth-order valence-corrected chi connectivity index (χ4v) is 2.62. The van der Waals surface area contributed by atoms with Gasteiger partial charge in [-0.1, -0.05) is 12.1 Å². The molecular weight excluding hydrogens is 324 g/mol. The zero-order valence-electron chi connectivity index (χ0n) is 13.7. The Morgan fingerprint density at radius 3 is 2.75 bits per heavy atom. The second-order valence-corrected chi connectivity index (χ2v) is 5.73. The van der Waals surface area contributed by atoms with E-state index in [-0.39, 0.29) is 19.2 Å². The maximum absolute atomic E-state index is 12.1. The van der Waals surface area contributed by atoms with Crippen LogP contribution in [0.4, 0.5) is 5.82 Å². The van der Waals surface area contributed by atoms with Crippen molar-refractivity contribution in [2.45, 2.75) is 32.5 Å². The largest absolute Gasteiger partial charge is 0.473 e. The highest BCUT2D eigenvalue weighted by Gasteiger charge is 2.22. The molecule has 6 nitrogen and oxygen atoms in total. The quantitative estimate of drug-likeness (QED) is 0.852. The van der Waals surface area contributed by atoms with Gasteiger partial charge >= 0.3 is 5.69 Å². The van der Waals surface area contributed by atoms with Crippen LogP contribution in [-0.2, 0) is 13.2 Å². The number of hydrogen-bond donors (Lipinski definition) is 0. The average molecular weight is 344 g/mol. The van der Waals surface area contributed by atoms with Crippen LogP contribution in [0.2, 0.25) is 0 Å². The monoisotopic (exact) mass is 344 g/mol. The molecule has 0 bridgehead atoms. The Hall–Kier alpha value is -2.46. The molecular formula is C17H20N4O2S. The van der Waals surface area contributed by atoms with Gasteiger partial charge in [-0.3, -0.25) is 4.57 Å². The van der Waals surface area contributed by atoms with Crippen LogP contribution in [0.25, 0.3) is 0 Å². The molecule has 0 fully saturated rings. The van der Waals surface area contributed by atoms with Crippen LogP contribution in [0.3, 0.4) is 0 Å². The van der Waals surface area contributed by atoms with Crippen LogP contribution >= 0.6 is 13.5 Å². The van der Waals surface area contributed by atoms with Gasteiger partial charge in [-0.15, -0.1) is 0 Å². The van der Waals surface area contributed by atoms with Gasteiger partial charge in [-0.2, -0.15) is 23.7 Å². The van der Waals surface area contributed by atoms with Crippen molar-refractivity contribution in [1.29, 1.82) is 5.26 Å². The summed E-state index contributed by atoms with van der Waals surface area (Å²) in [5, 5.41) is 8.79. The predicted octanol–water partition coefficient (Wildman–Crippen LogP) is 2.04. The lowest BCUT2D eigenvalue weighted by molar-refractivity contribution is 0.290. The van der Waals surface area contributed by atoms with E-state index in [0.717, 1.165) is 17.8 Å². The Balaban J connectivity index is 0.00000208. The molecule has 1 aliphatic heterocycles. The van der Waals surface area contributed by atoms with Crippen LogP contribution in [0.15, 0.2) is 35.1 Å². The van der Waals surface area contributed by atoms with Gasteiger partial charge in [-0.25, -0.2) is 4.79 Å². The zero-order chi connectivity index (χ0) is 16.4. The number of nitriles is 1. The highest BCUT2D eigenvalue weighted by molar-refractivity contribution is 7.59. The van der Waals surface area contributed by atoms with Gasteiger partial charge < -0.3 is 9.64 Å². The fraction of sp³-hybridized carbons (Fsp3) is 0.353. The van der Waals surface area contributed by atoms with Crippen molar-refractivity contribution in [1.82, 2.24) is 9.55 Å². The standard InChI is InChI=1S/C17H18N4O2.H2S/c1-12-7-8-21-16(20(12)2)9-15(19-17(21)22)23-11-14-5-3-13(10-18)4-6-14;/h3-6,9,12H,7-8,11H2,1-2H3;1H2/t12-;/m0./s1. The van der Waals surface area contributed by atoms with Crippen molar-refractivity contribution in [2.24, 2.45) is 0 Å². The summed E-state index contributed by atoms with van der Waals surface area (Å²) in [5.41, 5.74) is 1.25. The summed E-state index contributed by atoms with van der Waals surface area (Å²) in [4.78, 5) is 18.2. The molecule has 0 aliphatic carbocycles. The van der Waals surface area contributed by atoms with Crippen molar-refractivity contribution >= 4 is 19.3 Å². The van der Waals surface area contributed by atoms with Gasteiger partial charge in [0.2, 0.25) is 5.88 Å². The number of ether oxygens (including phenoxy) is 1. The van der Waals surface area contributed by atoms with E-state index in [2.05, 4.69) is 22.9 Å².